The molecule has 24 heavy (non-hydrogen) atoms. The molecule has 1 aromatic rings. The summed E-state index contributed by atoms with van der Waals surface area (Å²) in [5.74, 6) is 1.56. The zero-order valence-electron chi connectivity index (χ0n) is 14.7. The molecule has 3 aliphatic rings. The van der Waals surface area contributed by atoms with Crippen molar-refractivity contribution in [3.63, 3.8) is 0 Å². The van der Waals surface area contributed by atoms with Gasteiger partial charge in [0.05, 0.1) is 5.60 Å². The molecule has 132 valence electrons. The maximum atomic E-state index is 6.29. The molecule has 3 fully saturated rings. The zero-order valence-corrected chi connectivity index (χ0v) is 14.7. The Hall–Kier alpha value is -0.970. The molecule has 0 radical (unpaired) electrons. The van der Waals surface area contributed by atoms with Gasteiger partial charge in [0.25, 0.3) is 0 Å². The highest BCUT2D eigenvalue weighted by atomic mass is 16.5. The largest absolute Gasteiger partial charge is 0.381 e. The third-order valence-corrected chi connectivity index (χ3v) is 6.09. The highest BCUT2D eigenvalue weighted by Gasteiger charge is 2.45. The third kappa shape index (κ3) is 3.98. The molecule has 1 aromatic heterocycles. The Morgan fingerprint density at radius 2 is 2.12 bits per heavy atom. The van der Waals surface area contributed by atoms with E-state index in [9.17, 15) is 0 Å². The van der Waals surface area contributed by atoms with Gasteiger partial charge < -0.3 is 9.47 Å². The van der Waals surface area contributed by atoms with E-state index < -0.39 is 0 Å². The fourth-order valence-electron chi connectivity index (χ4n) is 4.34. The molecule has 1 aliphatic carbocycles. The number of piperidine rings is 1. The Kier molecular flexibility index (Phi) is 5.16. The van der Waals surface area contributed by atoms with Gasteiger partial charge in [0.2, 0.25) is 0 Å². The molecule has 2 aliphatic heterocycles. The van der Waals surface area contributed by atoms with E-state index in [4.69, 9.17) is 9.47 Å². The molecule has 0 unspecified atom stereocenters. The van der Waals surface area contributed by atoms with Crippen molar-refractivity contribution in [2.75, 3.05) is 32.9 Å². The minimum absolute atomic E-state index is 0.133. The van der Waals surface area contributed by atoms with Crippen molar-refractivity contribution in [1.29, 1.82) is 0 Å². The lowest BCUT2D eigenvalue weighted by atomic mass is 9.78. The summed E-state index contributed by atoms with van der Waals surface area (Å²) in [7, 11) is 0. The number of likely N-dealkylation sites (tertiary alicyclic amines) is 1. The van der Waals surface area contributed by atoms with Crippen LogP contribution in [0.5, 0.6) is 0 Å². The maximum Gasteiger partial charge on any atom is 0.0736 e. The van der Waals surface area contributed by atoms with Gasteiger partial charge in [-0.3, -0.25) is 9.88 Å². The fourth-order valence-corrected chi connectivity index (χ4v) is 4.34. The van der Waals surface area contributed by atoms with Crippen LogP contribution in [0.1, 0.15) is 44.1 Å². The normalized spacial score (nSPS) is 26.9. The van der Waals surface area contributed by atoms with Crippen LogP contribution < -0.4 is 0 Å². The van der Waals surface area contributed by atoms with Crippen LogP contribution >= 0.6 is 0 Å². The fraction of sp³-hybridized carbons (Fsp3) is 0.750. The van der Waals surface area contributed by atoms with Crippen LogP contribution in [0.4, 0.5) is 0 Å². The summed E-state index contributed by atoms with van der Waals surface area (Å²) in [4.78, 5) is 6.77. The summed E-state index contributed by atoms with van der Waals surface area (Å²) >= 11 is 0. The van der Waals surface area contributed by atoms with E-state index in [-0.39, 0.29) is 5.60 Å². The smallest absolute Gasteiger partial charge is 0.0736 e. The molecule has 2 saturated heterocycles. The van der Waals surface area contributed by atoms with E-state index in [2.05, 4.69) is 16.0 Å². The highest BCUT2D eigenvalue weighted by Crippen LogP contribution is 2.42. The second-order valence-corrected chi connectivity index (χ2v) is 7.84. The maximum absolute atomic E-state index is 6.29. The Bertz CT molecular complexity index is 510. The van der Waals surface area contributed by atoms with E-state index in [1.54, 1.807) is 0 Å². The lowest BCUT2D eigenvalue weighted by Crippen LogP contribution is -2.47. The molecule has 4 rings (SSSR count). The molecule has 4 nitrogen and oxygen atoms in total. The van der Waals surface area contributed by atoms with Crippen molar-refractivity contribution in [3.8, 4) is 0 Å². The number of nitrogens with zero attached hydrogens (tertiary/aromatic N) is 2. The van der Waals surface area contributed by atoms with Crippen molar-refractivity contribution in [3.05, 3.63) is 30.1 Å². The van der Waals surface area contributed by atoms with Crippen molar-refractivity contribution in [2.24, 2.45) is 11.8 Å². The molecule has 4 heteroatoms. The second kappa shape index (κ2) is 7.51. The van der Waals surface area contributed by atoms with Crippen LogP contribution in [0.3, 0.4) is 0 Å². The minimum Gasteiger partial charge on any atom is -0.381 e. The third-order valence-electron chi connectivity index (χ3n) is 6.09. The van der Waals surface area contributed by atoms with Crippen LogP contribution in [0.2, 0.25) is 0 Å². The van der Waals surface area contributed by atoms with Crippen LogP contribution in [0.15, 0.2) is 24.5 Å². The van der Waals surface area contributed by atoms with Gasteiger partial charge in [0, 0.05) is 51.8 Å². The molecule has 1 spiro atoms. The number of aromatic nitrogens is 1. The van der Waals surface area contributed by atoms with Gasteiger partial charge in [0.1, 0.15) is 0 Å². The second-order valence-electron chi connectivity index (χ2n) is 7.84. The lowest BCUT2D eigenvalue weighted by molar-refractivity contribution is -0.0731. The number of pyridine rings is 1. The van der Waals surface area contributed by atoms with Gasteiger partial charge >= 0.3 is 0 Å². The SMILES string of the molecule is c1cncc(CN2CCC3(CC2)OCC[C@H]3CCOCC2CC2)c1. The quantitative estimate of drug-likeness (QED) is 0.719. The highest BCUT2D eigenvalue weighted by molar-refractivity contribution is 5.09. The van der Waals surface area contributed by atoms with Gasteiger partial charge in [-0.05, 0) is 62.0 Å². The van der Waals surface area contributed by atoms with Gasteiger partial charge in [0.15, 0.2) is 0 Å². The first-order valence-electron chi connectivity index (χ1n) is 9.67. The number of ether oxygens (including phenoxy) is 2. The summed E-state index contributed by atoms with van der Waals surface area (Å²) < 4.78 is 12.2. The lowest BCUT2D eigenvalue weighted by Gasteiger charge is -2.42. The average molecular weight is 330 g/mol. The van der Waals surface area contributed by atoms with E-state index >= 15 is 0 Å². The van der Waals surface area contributed by atoms with E-state index in [1.165, 1.54) is 44.1 Å². The summed E-state index contributed by atoms with van der Waals surface area (Å²) in [5, 5.41) is 0. The van der Waals surface area contributed by atoms with Crippen molar-refractivity contribution in [2.45, 2.75) is 50.7 Å². The number of rotatable bonds is 7. The van der Waals surface area contributed by atoms with Crippen LogP contribution in [0, 0.1) is 11.8 Å². The van der Waals surface area contributed by atoms with Gasteiger partial charge in [-0.25, -0.2) is 0 Å². The molecule has 0 aromatic carbocycles. The van der Waals surface area contributed by atoms with E-state index in [0.717, 1.165) is 45.4 Å². The van der Waals surface area contributed by atoms with Gasteiger partial charge in [-0.15, -0.1) is 0 Å². The number of hydrogen-bond donors (Lipinski definition) is 0. The van der Waals surface area contributed by atoms with Crippen molar-refractivity contribution >= 4 is 0 Å². The van der Waals surface area contributed by atoms with Crippen LogP contribution in [0.25, 0.3) is 0 Å². The Balaban J connectivity index is 1.24. The molecule has 1 saturated carbocycles. The molecule has 0 bridgehead atoms. The monoisotopic (exact) mass is 330 g/mol. The Morgan fingerprint density at radius 3 is 2.88 bits per heavy atom. The van der Waals surface area contributed by atoms with E-state index in [1.807, 2.05) is 18.5 Å². The molecule has 1 atom stereocenters. The van der Waals surface area contributed by atoms with Crippen molar-refractivity contribution in [1.82, 2.24) is 9.88 Å². The molecule has 3 heterocycles. The van der Waals surface area contributed by atoms with Crippen LogP contribution in [-0.4, -0.2) is 48.4 Å². The van der Waals surface area contributed by atoms with Crippen LogP contribution in [-0.2, 0) is 16.0 Å². The summed E-state index contributed by atoms with van der Waals surface area (Å²) in [6.45, 7) is 6.13. The number of hydrogen-bond acceptors (Lipinski definition) is 4. The van der Waals surface area contributed by atoms with Gasteiger partial charge in [-0.1, -0.05) is 6.07 Å². The first-order valence-corrected chi connectivity index (χ1v) is 9.67. The average Bonchev–Trinajstić information content (AvgIpc) is 3.37. The Morgan fingerprint density at radius 1 is 1.25 bits per heavy atom. The predicted octanol–water partition coefficient (Wildman–Crippen LogP) is 3.27. The molecule has 0 N–H and O–H groups in total. The zero-order chi connectivity index (χ0) is 16.2. The molecule has 0 amide bonds. The summed E-state index contributed by atoms with van der Waals surface area (Å²) in [5.41, 5.74) is 1.44. The van der Waals surface area contributed by atoms with Crippen molar-refractivity contribution < 1.29 is 9.47 Å². The minimum atomic E-state index is 0.133. The first kappa shape index (κ1) is 16.5. The predicted molar refractivity (Wildman–Crippen MR) is 93.7 cm³/mol. The van der Waals surface area contributed by atoms with E-state index in [0.29, 0.717) is 5.92 Å². The first-order chi connectivity index (χ1) is 11.8. The summed E-state index contributed by atoms with van der Waals surface area (Å²) in [6, 6.07) is 4.20. The standard InChI is InChI=1S/C20H30N2O2/c1-2-18(14-21-9-1)15-22-10-7-20(8-11-22)19(6-13-24-20)5-12-23-16-17-3-4-17/h1-2,9,14,17,19H,3-8,10-13,15-16H2/t19-/m1/s1. The molecular weight excluding hydrogens is 300 g/mol. The summed E-state index contributed by atoms with van der Waals surface area (Å²) in [6.07, 6.45) is 11.3. The van der Waals surface area contributed by atoms with Gasteiger partial charge in [-0.2, -0.15) is 0 Å². The Labute approximate surface area is 145 Å². The topological polar surface area (TPSA) is 34.6 Å². The molecular formula is C20H30N2O2.